The summed E-state index contributed by atoms with van der Waals surface area (Å²) in [4.78, 5) is 53.6. The summed E-state index contributed by atoms with van der Waals surface area (Å²) in [7, 11) is 0. The molecule has 13 atom stereocenters. The van der Waals surface area contributed by atoms with Gasteiger partial charge in [-0.25, -0.2) is 0 Å². The highest BCUT2D eigenvalue weighted by Crippen LogP contribution is 2.35. The minimum atomic E-state index is -2.23. The molecule has 0 spiro atoms. The van der Waals surface area contributed by atoms with Crippen molar-refractivity contribution in [3.63, 3.8) is 0 Å². The Balaban J connectivity index is 1.43. The average molecular weight is 813 g/mol. The van der Waals surface area contributed by atoms with Gasteiger partial charge in [-0.1, -0.05) is 0 Å². The van der Waals surface area contributed by atoms with E-state index in [1.54, 1.807) is 0 Å². The lowest BCUT2D eigenvalue weighted by atomic mass is 9.83. The standard InChI is InChI=1S/C34H52O22/c35-14-1-10(2-15(36)23(14)43)30(48)52-9-22-28(54-31(49)11-3-16(37)24(44)17(38)4-11)29(55-32(50)12-5-18(39)25(45)19(40)6-12)27(47)34(53-22)56-33(51)13-7-20(41)26(46)21(42)8-13/h10-29,34-47H,1-9H2/t10?,11?,12?,13?,14?,15?,16?,17?,18?,19?,20?,21?,22-,23?,24?,25?,26?,27-,28-,29-,34+/m1/s1. The molecule has 1 aliphatic heterocycles. The first-order valence-electron chi connectivity index (χ1n) is 18.6. The molecule has 56 heavy (non-hydrogen) atoms. The summed E-state index contributed by atoms with van der Waals surface area (Å²) in [5.41, 5.74) is 0. The van der Waals surface area contributed by atoms with Gasteiger partial charge >= 0.3 is 23.9 Å². The molecule has 5 aliphatic rings. The monoisotopic (exact) mass is 812 g/mol. The number of carbonyl (C=O) groups excluding carboxylic acids is 4. The molecule has 22 nitrogen and oxygen atoms in total. The highest BCUT2D eigenvalue weighted by molar-refractivity contribution is 5.75. The van der Waals surface area contributed by atoms with Crippen LogP contribution in [0.25, 0.3) is 0 Å². The van der Waals surface area contributed by atoms with Crippen molar-refractivity contribution in [2.75, 3.05) is 6.61 Å². The van der Waals surface area contributed by atoms with Crippen LogP contribution in [-0.2, 0) is 42.9 Å². The van der Waals surface area contributed by atoms with E-state index in [1.165, 1.54) is 0 Å². The van der Waals surface area contributed by atoms with E-state index in [0.717, 1.165) is 0 Å². The molecule has 8 unspecified atom stereocenters. The Kier molecular flexibility index (Phi) is 14.7. The quantitative estimate of drug-likeness (QED) is 0.0760. The normalized spacial score (nSPS) is 47.3. The van der Waals surface area contributed by atoms with E-state index in [-0.39, 0.29) is 25.7 Å². The van der Waals surface area contributed by atoms with E-state index in [4.69, 9.17) is 23.7 Å². The Morgan fingerprint density at radius 2 is 0.679 bits per heavy atom. The maximum Gasteiger partial charge on any atom is 0.311 e. The van der Waals surface area contributed by atoms with E-state index < -0.39 is 184 Å². The zero-order valence-electron chi connectivity index (χ0n) is 30.0. The summed E-state index contributed by atoms with van der Waals surface area (Å²) in [6.07, 6.45) is -32.0. The SMILES string of the molecule is O=C(OC[C@H]1O[C@@H](OC(=O)C2CC(O)C(O)C(O)C2)[C@H](O)[C@@H](OC(=O)C2CC(O)C(O)C(O)C2)[C@@H]1OC(=O)C1CC(O)C(O)C(O)C1)C1CC(O)C(O)C(O)C1. The predicted molar refractivity (Wildman–Crippen MR) is 174 cm³/mol. The summed E-state index contributed by atoms with van der Waals surface area (Å²) in [6, 6.07) is 0. The Bertz CT molecular complexity index is 1290. The van der Waals surface area contributed by atoms with Crippen LogP contribution in [0, 0.1) is 23.7 Å². The van der Waals surface area contributed by atoms with Crippen LogP contribution in [0.1, 0.15) is 51.4 Å². The van der Waals surface area contributed by atoms with Crippen molar-refractivity contribution in [3.05, 3.63) is 0 Å². The first kappa shape index (κ1) is 44.4. The molecule has 1 saturated heterocycles. The molecular formula is C34H52O22. The van der Waals surface area contributed by atoms with E-state index in [9.17, 15) is 85.6 Å². The van der Waals surface area contributed by atoms with Gasteiger partial charge in [0.05, 0.1) is 72.5 Å². The fourth-order valence-electron chi connectivity index (χ4n) is 7.98. The molecule has 0 aromatic rings. The summed E-state index contributed by atoms with van der Waals surface area (Å²) < 4.78 is 27.8. The van der Waals surface area contributed by atoms with Crippen LogP contribution in [0.3, 0.4) is 0 Å². The van der Waals surface area contributed by atoms with Crippen LogP contribution in [-0.4, -0.2) is 201 Å². The molecule has 4 aliphatic carbocycles. The lowest BCUT2D eigenvalue weighted by molar-refractivity contribution is -0.302. The number of hydrogen-bond donors (Lipinski definition) is 13. The summed E-state index contributed by atoms with van der Waals surface area (Å²) >= 11 is 0. The fourth-order valence-corrected chi connectivity index (χ4v) is 7.98. The van der Waals surface area contributed by atoms with Crippen molar-refractivity contribution in [2.45, 2.75) is 155 Å². The Labute approximate surface area is 318 Å². The van der Waals surface area contributed by atoms with Crippen molar-refractivity contribution in [1.29, 1.82) is 0 Å². The molecule has 320 valence electrons. The maximum absolute atomic E-state index is 13.6. The zero-order chi connectivity index (χ0) is 41.3. The number of aliphatic hydroxyl groups excluding tert-OH is 13. The molecule has 0 aromatic heterocycles. The van der Waals surface area contributed by atoms with Gasteiger partial charge in [-0.2, -0.15) is 0 Å². The minimum absolute atomic E-state index is 0.333. The second-order valence-electron chi connectivity index (χ2n) is 15.6. The van der Waals surface area contributed by atoms with Gasteiger partial charge in [0.15, 0.2) is 18.3 Å². The molecular weight excluding hydrogens is 760 g/mol. The van der Waals surface area contributed by atoms with Gasteiger partial charge in [0.2, 0.25) is 6.29 Å². The topological polar surface area (TPSA) is 377 Å². The van der Waals surface area contributed by atoms with Crippen molar-refractivity contribution < 1.29 is 109 Å². The van der Waals surface area contributed by atoms with Gasteiger partial charge in [-0.15, -0.1) is 0 Å². The molecule has 5 fully saturated rings. The molecule has 5 rings (SSSR count). The second-order valence-corrected chi connectivity index (χ2v) is 15.6. The van der Waals surface area contributed by atoms with Crippen molar-refractivity contribution in [3.8, 4) is 0 Å². The summed E-state index contributed by atoms with van der Waals surface area (Å²) in [5, 5.41) is 133. The first-order chi connectivity index (χ1) is 26.3. The lowest BCUT2D eigenvalue weighted by Crippen LogP contribution is -2.63. The number of carbonyl (C=O) groups is 4. The molecule has 22 heteroatoms. The van der Waals surface area contributed by atoms with Crippen molar-refractivity contribution >= 4 is 23.9 Å². The van der Waals surface area contributed by atoms with Gasteiger partial charge in [0, 0.05) is 0 Å². The minimum Gasteiger partial charge on any atom is -0.463 e. The van der Waals surface area contributed by atoms with Gasteiger partial charge in [0.1, 0.15) is 37.1 Å². The molecule has 1 heterocycles. The van der Waals surface area contributed by atoms with E-state index in [1.807, 2.05) is 0 Å². The molecule has 0 aromatic carbocycles. The van der Waals surface area contributed by atoms with E-state index >= 15 is 0 Å². The lowest BCUT2D eigenvalue weighted by Gasteiger charge is -2.44. The third-order valence-electron chi connectivity index (χ3n) is 11.4. The summed E-state index contributed by atoms with van der Waals surface area (Å²) in [6.45, 7) is -0.911. The van der Waals surface area contributed by atoms with Crippen molar-refractivity contribution in [1.82, 2.24) is 0 Å². The molecule has 13 N–H and O–H groups in total. The van der Waals surface area contributed by atoms with Gasteiger partial charge in [-0.05, 0) is 51.4 Å². The zero-order valence-corrected chi connectivity index (χ0v) is 30.0. The highest BCUT2D eigenvalue weighted by atomic mass is 16.7. The van der Waals surface area contributed by atoms with Crippen LogP contribution in [0.5, 0.6) is 0 Å². The maximum atomic E-state index is 13.6. The fraction of sp³-hybridized carbons (Fsp3) is 0.882. The molecule has 4 saturated carbocycles. The third kappa shape index (κ3) is 9.94. The van der Waals surface area contributed by atoms with Gasteiger partial charge in [-0.3, -0.25) is 19.2 Å². The van der Waals surface area contributed by atoms with Crippen LogP contribution in [0.15, 0.2) is 0 Å². The third-order valence-corrected chi connectivity index (χ3v) is 11.4. The Hall–Kier alpha value is -2.68. The molecule has 0 amide bonds. The number of rotatable bonds is 9. The Morgan fingerprint density at radius 3 is 1.02 bits per heavy atom. The van der Waals surface area contributed by atoms with Crippen LogP contribution in [0.2, 0.25) is 0 Å². The average Bonchev–Trinajstić information content (AvgIpc) is 3.14. The van der Waals surface area contributed by atoms with Crippen molar-refractivity contribution in [2.24, 2.45) is 23.7 Å². The number of esters is 4. The van der Waals surface area contributed by atoms with Gasteiger partial charge in [0.25, 0.3) is 0 Å². The predicted octanol–water partition coefficient (Wildman–Crippen LogP) is -7.05. The highest BCUT2D eigenvalue weighted by Gasteiger charge is 2.54. The number of ether oxygens (including phenoxy) is 5. The Morgan fingerprint density at radius 1 is 0.393 bits per heavy atom. The molecule has 0 radical (unpaired) electrons. The van der Waals surface area contributed by atoms with E-state index in [0.29, 0.717) is 0 Å². The smallest absolute Gasteiger partial charge is 0.311 e. The van der Waals surface area contributed by atoms with Crippen LogP contribution >= 0.6 is 0 Å². The number of aliphatic hydroxyl groups is 13. The first-order valence-corrected chi connectivity index (χ1v) is 18.6. The number of hydrogen-bond acceptors (Lipinski definition) is 22. The van der Waals surface area contributed by atoms with Crippen LogP contribution < -0.4 is 0 Å². The largest absolute Gasteiger partial charge is 0.463 e. The molecule has 0 bridgehead atoms. The summed E-state index contributed by atoms with van der Waals surface area (Å²) in [5.74, 6) is -9.63. The van der Waals surface area contributed by atoms with Gasteiger partial charge < -0.3 is 90.1 Å². The van der Waals surface area contributed by atoms with E-state index in [2.05, 4.69) is 0 Å². The van der Waals surface area contributed by atoms with Crippen LogP contribution in [0.4, 0.5) is 0 Å². The second kappa shape index (κ2) is 18.5.